The number of nitrogens with zero attached hydrogens (tertiary/aromatic N) is 7. The van der Waals surface area contributed by atoms with Gasteiger partial charge >= 0.3 is 34.1 Å². The Kier molecular flexibility index (Phi) is 6.18. The minimum atomic E-state index is -1.92. The van der Waals surface area contributed by atoms with Gasteiger partial charge in [0.15, 0.2) is 5.69 Å². The monoisotopic (exact) mass is 484 g/mol. The molecule has 176 valence electrons. The van der Waals surface area contributed by atoms with E-state index in [1.165, 1.54) is 0 Å². The molecule has 34 heavy (non-hydrogen) atoms. The number of nitro groups is 7. The highest BCUT2D eigenvalue weighted by Crippen LogP contribution is 2.50. The van der Waals surface area contributed by atoms with Gasteiger partial charge < -0.3 is 5.32 Å². The number of hydrogen-bond donors (Lipinski definition) is 1. The Bertz CT molecular complexity index is 1300. The first-order valence-electron chi connectivity index (χ1n) is 7.85. The van der Waals surface area contributed by atoms with Crippen molar-refractivity contribution >= 4 is 51.2 Å². The molecule has 1 N–H and O–H groups in total. The summed E-state index contributed by atoms with van der Waals surface area (Å²) in [5.74, 6) is 0. The summed E-state index contributed by atoms with van der Waals surface area (Å²) >= 11 is 0. The van der Waals surface area contributed by atoms with Crippen molar-refractivity contribution in [1.29, 1.82) is 0 Å². The molecule has 0 spiro atoms. The maximum atomic E-state index is 11.5. The summed E-state index contributed by atoms with van der Waals surface area (Å²) < 4.78 is 0. The zero-order valence-corrected chi connectivity index (χ0v) is 15.6. The van der Waals surface area contributed by atoms with Gasteiger partial charge in [-0.25, -0.2) is 0 Å². The number of hydrogen-bond acceptors (Lipinski definition) is 15. The Labute approximate surface area is 181 Å². The van der Waals surface area contributed by atoms with Gasteiger partial charge in [0.2, 0.25) is 5.69 Å². The van der Waals surface area contributed by atoms with Gasteiger partial charge in [-0.05, 0) is 0 Å². The second kappa shape index (κ2) is 8.65. The average Bonchev–Trinajstić information content (AvgIpc) is 2.71. The minimum absolute atomic E-state index is 0.0729. The number of anilines is 2. The van der Waals surface area contributed by atoms with Gasteiger partial charge in [-0.2, -0.15) is 0 Å². The maximum absolute atomic E-state index is 11.5. The third-order valence-corrected chi connectivity index (χ3v) is 3.93. The molecular formula is C12H4N8O14. The van der Waals surface area contributed by atoms with Crippen LogP contribution < -0.4 is 5.32 Å². The molecule has 0 aromatic heterocycles. The Morgan fingerprint density at radius 3 is 1.15 bits per heavy atom. The van der Waals surface area contributed by atoms with E-state index in [1.54, 1.807) is 5.32 Å². The van der Waals surface area contributed by atoms with Crippen molar-refractivity contribution in [2.45, 2.75) is 0 Å². The van der Waals surface area contributed by atoms with Crippen LogP contribution in [0.3, 0.4) is 0 Å². The van der Waals surface area contributed by atoms with Gasteiger partial charge in [0.1, 0.15) is 6.07 Å². The van der Waals surface area contributed by atoms with Crippen LogP contribution in [0.15, 0.2) is 18.2 Å². The molecule has 0 unspecified atom stereocenters. The van der Waals surface area contributed by atoms with Crippen molar-refractivity contribution in [1.82, 2.24) is 0 Å². The lowest BCUT2D eigenvalue weighted by molar-refractivity contribution is -0.442. The molecule has 2 aromatic rings. The van der Waals surface area contributed by atoms with E-state index in [2.05, 4.69) is 0 Å². The van der Waals surface area contributed by atoms with E-state index in [0.29, 0.717) is 0 Å². The standard InChI is InChI=1S/C12H4N8O14/c21-14(22)4-1-5(15(23)24)9(6(2-4)16(25)26)13-10-7(17(27)28)3-8(18(29)30)11(19(31)32)12(10)20(33)34/h1-3,13H. The highest BCUT2D eigenvalue weighted by atomic mass is 16.7. The molecular weight excluding hydrogens is 480 g/mol. The van der Waals surface area contributed by atoms with Crippen LogP contribution >= 0.6 is 0 Å². The van der Waals surface area contributed by atoms with Crippen molar-refractivity contribution in [2.75, 3.05) is 5.32 Å². The Balaban J connectivity index is 3.10. The van der Waals surface area contributed by atoms with Crippen molar-refractivity contribution in [3.05, 3.63) is 89.0 Å². The smallest absolute Gasteiger partial charge is 0.333 e. The molecule has 22 nitrogen and oxygen atoms in total. The zero-order valence-electron chi connectivity index (χ0n) is 15.6. The van der Waals surface area contributed by atoms with Crippen LogP contribution in [0.2, 0.25) is 0 Å². The largest absolute Gasteiger partial charge is 0.425 e. The summed E-state index contributed by atoms with van der Waals surface area (Å²) in [5, 5.41) is 80.7. The van der Waals surface area contributed by atoms with Crippen LogP contribution in [0.1, 0.15) is 0 Å². The second-order valence-corrected chi connectivity index (χ2v) is 5.77. The second-order valence-electron chi connectivity index (χ2n) is 5.77. The van der Waals surface area contributed by atoms with Gasteiger partial charge in [-0.15, -0.1) is 0 Å². The first-order chi connectivity index (χ1) is 15.7. The van der Waals surface area contributed by atoms with E-state index < -0.39 is 85.6 Å². The van der Waals surface area contributed by atoms with Crippen molar-refractivity contribution in [3.63, 3.8) is 0 Å². The van der Waals surface area contributed by atoms with Gasteiger partial charge in [-0.3, -0.25) is 70.8 Å². The fourth-order valence-corrected chi connectivity index (χ4v) is 2.64. The molecule has 0 atom stereocenters. The Hall–Kier alpha value is -5.96. The molecule has 0 amide bonds. The lowest BCUT2D eigenvalue weighted by Crippen LogP contribution is -2.09. The van der Waals surface area contributed by atoms with Gasteiger partial charge in [-0.1, -0.05) is 0 Å². The van der Waals surface area contributed by atoms with E-state index >= 15 is 0 Å². The quantitative estimate of drug-likeness (QED) is 0.395. The lowest BCUT2D eigenvalue weighted by Gasteiger charge is -2.09. The maximum Gasteiger partial charge on any atom is 0.425 e. The van der Waals surface area contributed by atoms with Crippen molar-refractivity contribution in [2.24, 2.45) is 0 Å². The van der Waals surface area contributed by atoms with Gasteiger partial charge in [0.05, 0.1) is 46.6 Å². The molecule has 2 rings (SSSR count). The average molecular weight is 484 g/mol. The van der Waals surface area contributed by atoms with Crippen LogP contribution in [-0.4, -0.2) is 34.5 Å². The fourth-order valence-electron chi connectivity index (χ4n) is 2.64. The highest BCUT2D eigenvalue weighted by molar-refractivity contribution is 5.92. The minimum Gasteiger partial charge on any atom is -0.333 e. The third-order valence-electron chi connectivity index (χ3n) is 3.93. The molecule has 0 radical (unpaired) electrons. The molecule has 0 aliphatic carbocycles. The first-order valence-corrected chi connectivity index (χ1v) is 7.85. The number of nitro benzene ring substituents is 7. The van der Waals surface area contributed by atoms with E-state index in [4.69, 9.17) is 0 Å². The van der Waals surface area contributed by atoms with Crippen LogP contribution in [-0.2, 0) is 0 Å². The molecule has 0 aliphatic rings. The van der Waals surface area contributed by atoms with E-state index in [9.17, 15) is 70.8 Å². The molecule has 0 saturated heterocycles. The Morgan fingerprint density at radius 2 is 0.824 bits per heavy atom. The fraction of sp³-hybridized carbons (Fsp3) is 0. The summed E-state index contributed by atoms with van der Waals surface area (Å²) in [5.41, 5.74) is -14.1. The van der Waals surface area contributed by atoms with Crippen LogP contribution in [0.5, 0.6) is 0 Å². The number of benzene rings is 2. The molecule has 0 bridgehead atoms. The summed E-state index contributed by atoms with van der Waals surface area (Å²) in [6.45, 7) is 0. The van der Waals surface area contributed by atoms with Crippen LogP contribution in [0, 0.1) is 70.8 Å². The van der Waals surface area contributed by atoms with Crippen LogP contribution in [0.25, 0.3) is 0 Å². The number of non-ortho nitro benzene ring substituents is 1. The van der Waals surface area contributed by atoms with Crippen molar-refractivity contribution < 1.29 is 34.5 Å². The lowest BCUT2D eigenvalue weighted by atomic mass is 10.1. The van der Waals surface area contributed by atoms with Gasteiger partial charge in [0.25, 0.3) is 5.69 Å². The van der Waals surface area contributed by atoms with E-state index in [0.717, 1.165) is 0 Å². The topological polar surface area (TPSA) is 314 Å². The Morgan fingerprint density at radius 1 is 0.441 bits per heavy atom. The molecule has 0 heterocycles. The molecule has 0 aliphatic heterocycles. The molecule has 2 aromatic carbocycles. The van der Waals surface area contributed by atoms with E-state index in [1.807, 2.05) is 0 Å². The number of nitrogens with one attached hydrogen (secondary N) is 1. The zero-order chi connectivity index (χ0) is 26.1. The molecule has 22 heteroatoms. The summed E-state index contributed by atoms with van der Waals surface area (Å²) in [6, 6.07) is 0.274. The van der Waals surface area contributed by atoms with Gasteiger partial charge in [0, 0.05) is 0 Å². The van der Waals surface area contributed by atoms with Crippen molar-refractivity contribution in [3.8, 4) is 0 Å². The van der Waals surface area contributed by atoms with E-state index in [-0.39, 0.29) is 18.2 Å². The molecule has 0 fully saturated rings. The normalized spacial score (nSPS) is 10.2. The highest BCUT2D eigenvalue weighted by Gasteiger charge is 2.46. The summed E-state index contributed by atoms with van der Waals surface area (Å²) in [6.07, 6.45) is 0. The SMILES string of the molecule is O=[N+]([O-])c1cc([N+](=O)[O-])c(Nc2c([N+](=O)[O-])cc([N+](=O)[O-])c([N+](=O)[O-])c2[N+](=O)[O-])c([N+](=O)[O-])c1. The first kappa shape index (κ1) is 24.3. The number of rotatable bonds is 9. The molecule has 0 saturated carbocycles. The summed E-state index contributed by atoms with van der Waals surface area (Å²) in [7, 11) is 0. The predicted octanol–water partition coefficient (Wildman–Crippen LogP) is 2.79. The summed E-state index contributed by atoms with van der Waals surface area (Å²) in [4.78, 5) is 68.7. The van der Waals surface area contributed by atoms with Crippen LogP contribution in [0.4, 0.5) is 51.2 Å². The predicted molar refractivity (Wildman–Crippen MR) is 103 cm³/mol. The third kappa shape index (κ3) is 4.24.